The molecule has 0 saturated carbocycles. The molecule has 6 heteroatoms. The van der Waals surface area contributed by atoms with E-state index >= 15 is 0 Å². The van der Waals surface area contributed by atoms with E-state index in [0.29, 0.717) is 16.3 Å². The second-order valence-corrected chi connectivity index (χ2v) is 7.06. The molecule has 0 bridgehead atoms. The van der Waals surface area contributed by atoms with E-state index in [2.05, 4.69) is 4.72 Å². The van der Waals surface area contributed by atoms with Gasteiger partial charge in [0.2, 0.25) is 10.0 Å². The van der Waals surface area contributed by atoms with Crippen molar-refractivity contribution in [3.63, 3.8) is 0 Å². The summed E-state index contributed by atoms with van der Waals surface area (Å²) in [6, 6.07) is 2.82. The minimum Gasteiger partial charge on any atom is -0.398 e. The van der Waals surface area contributed by atoms with Crippen molar-refractivity contribution in [3.05, 3.63) is 22.7 Å². The van der Waals surface area contributed by atoms with E-state index in [-0.39, 0.29) is 4.90 Å². The number of anilines is 1. The fourth-order valence-electron chi connectivity index (χ4n) is 1.29. The average molecular weight is 277 g/mol. The van der Waals surface area contributed by atoms with Crippen LogP contribution in [0.1, 0.15) is 26.3 Å². The molecular formula is C11H17ClN2O2S. The molecular weight excluding hydrogens is 260 g/mol. The molecule has 0 saturated heterocycles. The first-order valence-electron chi connectivity index (χ1n) is 5.12. The quantitative estimate of drug-likeness (QED) is 0.814. The molecule has 3 N–H and O–H groups in total. The number of sulfonamides is 1. The van der Waals surface area contributed by atoms with Crippen LogP contribution in [-0.2, 0) is 10.0 Å². The Hall–Kier alpha value is -0.780. The number of nitrogens with one attached hydrogen (secondary N) is 1. The summed E-state index contributed by atoms with van der Waals surface area (Å²) in [5.41, 5.74) is 6.20. The fourth-order valence-corrected chi connectivity index (χ4v) is 3.06. The second-order valence-electron chi connectivity index (χ2n) is 4.97. The SMILES string of the molecule is Cc1c(N)cc(S(=O)(=O)NC(C)(C)C)cc1Cl. The van der Waals surface area contributed by atoms with E-state index in [1.54, 1.807) is 27.7 Å². The Morgan fingerprint density at radius 1 is 1.29 bits per heavy atom. The highest BCUT2D eigenvalue weighted by atomic mass is 35.5. The zero-order valence-corrected chi connectivity index (χ0v) is 11.9. The second kappa shape index (κ2) is 4.48. The molecule has 1 aromatic rings. The van der Waals surface area contributed by atoms with Crippen molar-refractivity contribution in [2.24, 2.45) is 0 Å². The number of halogens is 1. The highest BCUT2D eigenvalue weighted by molar-refractivity contribution is 7.89. The molecule has 0 heterocycles. The van der Waals surface area contributed by atoms with E-state index in [1.807, 2.05) is 0 Å². The summed E-state index contributed by atoms with van der Waals surface area (Å²) >= 11 is 5.92. The van der Waals surface area contributed by atoms with Crippen LogP contribution in [-0.4, -0.2) is 14.0 Å². The number of hydrogen-bond acceptors (Lipinski definition) is 3. The maximum absolute atomic E-state index is 12.0. The van der Waals surface area contributed by atoms with Gasteiger partial charge in [0.1, 0.15) is 0 Å². The standard InChI is InChI=1S/C11H17ClN2O2S/c1-7-9(12)5-8(6-10(7)13)17(15,16)14-11(2,3)4/h5-6,14H,13H2,1-4H3. The van der Waals surface area contributed by atoms with Crippen molar-refractivity contribution >= 4 is 27.3 Å². The van der Waals surface area contributed by atoms with E-state index in [0.717, 1.165) is 0 Å². The molecule has 1 rings (SSSR count). The van der Waals surface area contributed by atoms with E-state index in [4.69, 9.17) is 17.3 Å². The molecule has 0 unspecified atom stereocenters. The molecule has 0 fully saturated rings. The van der Waals surface area contributed by atoms with Gasteiger partial charge >= 0.3 is 0 Å². The van der Waals surface area contributed by atoms with Gasteiger partial charge in [-0.1, -0.05) is 11.6 Å². The number of nitrogens with two attached hydrogens (primary N) is 1. The third-order valence-corrected chi connectivity index (χ3v) is 4.24. The van der Waals surface area contributed by atoms with Crippen LogP contribution in [0.3, 0.4) is 0 Å². The molecule has 0 amide bonds. The average Bonchev–Trinajstić information content (AvgIpc) is 2.09. The van der Waals surface area contributed by atoms with Gasteiger partial charge in [0, 0.05) is 16.2 Å². The van der Waals surface area contributed by atoms with Crippen molar-refractivity contribution in [1.29, 1.82) is 0 Å². The van der Waals surface area contributed by atoms with Crippen LogP contribution in [0.4, 0.5) is 5.69 Å². The summed E-state index contributed by atoms with van der Waals surface area (Å²) in [7, 11) is -3.59. The highest BCUT2D eigenvalue weighted by Gasteiger charge is 2.23. The predicted octanol–water partition coefficient (Wildman–Crippen LogP) is 2.31. The third-order valence-electron chi connectivity index (χ3n) is 2.11. The van der Waals surface area contributed by atoms with Crippen LogP contribution in [0.2, 0.25) is 5.02 Å². The van der Waals surface area contributed by atoms with Crippen molar-refractivity contribution in [3.8, 4) is 0 Å². The fraction of sp³-hybridized carbons (Fsp3) is 0.455. The molecule has 17 heavy (non-hydrogen) atoms. The van der Waals surface area contributed by atoms with Crippen molar-refractivity contribution < 1.29 is 8.42 Å². The van der Waals surface area contributed by atoms with Crippen molar-refractivity contribution in [1.82, 2.24) is 4.72 Å². The summed E-state index contributed by atoms with van der Waals surface area (Å²) in [5.74, 6) is 0. The van der Waals surface area contributed by atoms with Gasteiger partial charge in [0.05, 0.1) is 4.90 Å². The molecule has 96 valence electrons. The summed E-state index contributed by atoms with van der Waals surface area (Å²) in [6.07, 6.45) is 0. The van der Waals surface area contributed by atoms with Crippen molar-refractivity contribution in [2.75, 3.05) is 5.73 Å². The molecule has 0 spiro atoms. The first-order valence-corrected chi connectivity index (χ1v) is 6.99. The van der Waals surface area contributed by atoms with E-state index in [1.165, 1.54) is 12.1 Å². The van der Waals surface area contributed by atoms with Crippen LogP contribution in [0, 0.1) is 6.92 Å². The highest BCUT2D eigenvalue weighted by Crippen LogP contribution is 2.26. The van der Waals surface area contributed by atoms with Crippen LogP contribution >= 0.6 is 11.6 Å². The maximum Gasteiger partial charge on any atom is 0.241 e. The lowest BCUT2D eigenvalue weighted by Crippen LogP contribution is -2.40. The molecule has 0 radical (unpaired) electrons. The summed E-state index contributed by atoms with van der Waals surface area (Å²) in [6.45, 7) is 7.04. The minimum absolute atomic E-state index is 0.0838. The van der Waals surface area contributed by atoms with Crippen LogP contribution in [0.25, 0.3) is 0 Å². The molecule has 0 aliphatic heterocycles. The van der Waals surface area contributed by atoms with Gasteiger partial charge in [-0.15, -0.1) is 0 Å². The molecule has 1 aromatic carbocycles. The van der Waals surface area contributed by atoms with Gasteiger partial charge in [-0.3, -0.25) is 0 Å². The number of benzene rings is 1. The lowest BCUT2D eigenvalue weighted by molar-refractivity contribution is 0.491. The van der Waals surface area contributed by atoms with Gasteiger partial charge in [-0.05, 0) is 45.4 Å². The zero-order chi connectivity index (χ0) is 13.4. The molecule has 4 nitrogen and oxygen atoms in total. The normalized spacial score (nSPS) is 12.8. The summed E-state index contributed by atoms with van der Waals surface area (Å²) in [5, 5.41) is 0.347. The molecule has 0 atom stereocenters. The zero-order valence-electron chi connectivity index (χ0n) is 10.3. The lowest BCUT2D eigenvalue weighted by Gasteiger charge is -2.20. The van der Waals surface area contributed by atoms with Gasteiger partial charge in [-0.2, -0.15) is 0 Å². The predicted molar refractivity (Wildman–Crippen MR) is 70.7 cm³/mol. The molecule has 0 aliphatic rings. The first-order chi connectivity index (χ1) is 7.53. The Balaban J connectivity index is 3.26. The van der Waals surface area contributed by atoms with Gasteiger partial charge < -0.3 is 5.73 Å². The lowest BCUT2D eigenvalue weighted by atomic mass is 10.1. The van der Waals surface area contributed by atoms with Crippen LogP contribution in [0.5, 0.6) is 0 Å². The Kier molecular flexibility index (Phi) is 3.76. The van der Waals surface area contributed by atoms with Gasteiger partial charge in [0.25, 0.3) is 0 Å². The topological polar surface area (TPSA) is 72.2 Å². The molecule has 0 aliphatic carbocycles. The van der Waals surface area contributed by atoms with E-state index in [9.17, 15) is 8.42 Å². The number of nitrogen functional groups attached to an aromatic ring is 1. The number of hydrogen-bond donors (Lipinski definition) is 2. The van der Waals surface area contributed by atoms with E-state index < -0.39 is 15.6 Å². The largest absolute Gasteiger partial charge is 0.398 e. The van der Waals surface area contributed by atoms with Gasteiger partial charge in [-0.25, -0.2) is 13.1 Å². The summed E-state index contributed by atoms with van der Waals surface area (Å²) in [4.78, 5) is 0.0838. The van der Waals surface area contributed by atoms with Crippen LogP contribution in [0.15, 0.2) is 17.0 Å². The first kappa shape index (κ1) is 14.3. The number of rotatable bonds is 2. The Bertz CT molecular complexity index is 510. The summed E-state index contributed by atoms with van der Waals surface area (Å²) < 4.78 is 26.6. The Labute approximate surface area is 107 Å². The monoisotopic (exact) mass is 276 g/mol. The third kappa shape index (κ3) is 3.59. The maximum atomic E-state index is 12.0. The van der Waals surface area contributed by atoms with Crippen LogP contribution < -0.4 is 10.5 Å². The smallest absolute Gasteiger partial charge is 0.241 e. The Morgan fingerprint density at radius 2 is 1.82 bits per heavy atom. The minimum atomic E-state index is -3.59. The van der Waals surface area contributed by atoms with Gasteiger partial charge in [0.15, 0.2) is 0 Å². The Morgan fingerprint density at radius 3 is 2.24 bits per heavy atom. The van der Waals surface area contributed by atoms with Crippen molar-refractivity contribution in [2.45, 2.75) is 38.1 Å². The molecule has 0 aromatic heterocycles.